The minimum atomic E-state index is 0.565. The van der Waals surface area contributed by atoms with Crippen LogP contribution in [0.5, 0.6) is 0 Å². The zero-order chi connectivity index (χ0) is 75.4. The van der Waals surface area contributed by atoms with Crippen LogP contribution in [0.25, 0.3) is 222 Å². The molecule has 22 rings (SSSR count). The van der Waals surface area contributed by atoms with E-state index in [1.807, 2.05) is 121 Å². The molecule has 0 atom stereocenters. The fraction of sp³-hybridized carbons (Fsp3) is 0. The number of rotatable bonds is 12. The highest BCUT2D eigenvalue weighted by Gasteiger charge is 2.23. The van der Waals surface area contributed by atoms with Crippen LogP contribution >= 0.6 is 0 Å². The zero-order valence-electron chi connectivity index (χ0n) is 61.6. The smallest absolute Gasteiger partial charge is 0.167 e. The average Bonchev–Trinajstić information content (AvgIpc) is 0.978. The van der Waals surface area contributed by atoms with Gasteiger partial charge in [0.25, 0.3) is 0 Å². The number of hydrogen-bond donors (Lipinski definition) is 0. The van der Waals surface area contributed by atoms with Crippen LogP contribution in [-0.4, -0.2) is 29.9 Å². The third kappa shape index (κ3) is 12.3. The van der Waals surface area contributed by atoms with E-state index in [-0.39, 0.29) is 0 Å². The molecule has 4 aromatic heterocycles. The average molecular weight is 1460 g/mol. The lowest BCUT2D eigenvalue weighted by atomic mass is 9.89. The molecule has 22 aromatic rings. The number of benzene rings is 18. The lowest BCUT2D eigenvalue weighted by Gasteiger charge is -2.15. The third-order valence-electron chi connectivity index (χ3n) is 21.8. The lowest BCUT2D eigenvalue weighted by molar-refractivity contribution is 0.669. The molecule has 0 N–H and O–H groups in total. The molecule has 4 heterocycles. The Labute approximate surface area is 657 Å². The fourth-order valence-electron chi connectivity index (χ4n) is 16.3. The molecule has 0 aliphatic rings. The third-order valence-corrected chi connectivity index (χ3v) is 21.8. The summed E-state index contributed by atoms with van der Waals surface area (Å²) in [6.45, 7) is 0. The van der Waals surface area contributed by atoms with Crippen LogP contribution in [-0.2, 0) is 0 Å². The van der Waals surface area contributed by atoms with Crippen molar-refractivity contribution < 1.29 is 8.83 Å². The second-order valence-corrected chi connectivity index (χ2v) is 28.7. The Morgan fingerprint density at radius 1 is 0.140 bits per heavy atom. The largest absolute Gasteiger partial charge is 0.455 e. The topological polar surface area (TPSA) is 104 Å². The summed E-state index contributed by atoms with van der Waals surface area (Å²) in [6, 6.07) is 140. The molecule has 0 aliphatic carbocycles. The predicted octanol–water partition coefficient (Wildman–Crippen LogP) is 28.2. The summed E-state index contributed by atoms with van der Waals surface area (Å²) in [5, 5.41) is 13.8. The molecule has 0 bridgehead atoms. The van der Waals surface area contributed by atoms with Gasteiger partial charge in [0.2, 0.25) is 0 Å². The fourth-order valence-corrected chi connectivity index (χ4v) is 16.3. The predicted molar refractivity (Wildman–Crippen MR) is 469 cm³/mol. The Bertz CT molecular complexity index is 7490. The van der Waals surface area contributed by atoms with Gasteiger partial charge in [-0.2, -0.15) is 0 Å². The van der Waals surface area contributed by atoms with E-state index in [9.17, 15) is 0 Å². The van der Waals surface area contributed by atoms with E-state index in [0.717, 1.165) is 99.5 Å². The van der Waals surface area contributed by atoms with Gasteiger partial charge in [0.15, 0.2) is 34.9 Å². The van der Waals surface area contributed by atoms with Gasteiger partial charge in [-0.25, -0.2) is 29.9 Å². The molecule has 8 nitrogen and oxygen atoms in total. The number of nitrogens with zero attached hydrogens (tertiary/aromatic N) is 6. The molecule has 114 heavy (non-hydrogen) atoms. The Hall–Kier alpha value is -15.4. The van der Waals surface area contributed by atoms with Crippen LogP contribution in [0.4, 0.5) is 0 Å². The van der Waals surface area contributed by atoms with Crippen LogP contribution in [0.3, 0.4) is 0 Å². The van der Waals surface area contributed by atoms with Crippen molar-refractivity contribution in [2.45, 2.75) is 0 Å². The summed E-state index contributed by atoms with van der Waals surface area (Å²) in [6.07, 6.45) is 0. The SMILES string of the molecule is c1ccc(-c2cccc(-c3ccc4cc(-c5cccc(-c6nc(-c7ccccc7)nc(-c7cccc8c7oc7ccccc78)n6)c5)c5ccccc5c4c3)c2)cc1.c1ccc(-c2nc(-c3cccc(-c4cc5ccc(-c6ccccc6-c6ccccc6)cc5c5ccccc45)c3)nc(-c3cccc4c3oc3ccccc34)n2)cc1. The Morgan fingerprint density at radius 3 is 0.912 bits per heavy atom. The number of aromatic nitrogens is 6. The molecule has 0 unspecified atom stereocenters. The van der Waals surface area contributed by atoms with Gasteiger partial charge in [-0.3, -0.25) is 0 Å². The summed E-state index contributed by atoms with van der Waals surface area (Å²) < 4.78 is 12.9. The molecule has 0 saturated carbocycles. The van der Waals surface area contributed by atoms with Gasteiger partial charge in [-0.15, -0.1) is 0 Å². The highest BCUT2D eigenvalue weighted by molar-refractivity contribution is 6.17. The lowest BCUT2D eigenvalue weighted by Crippen LogP contribution is -2.00. The first kappa shape index (κ1) is 66.8. The van der Waals surface area contributed by atoms with E-state index < -0.39 is 0 Å². The normalized spacial score (nSPS) is 11.5. The quantitative estimate of drug-likeness (QED) is 0.111. The van der Waals surface area contributed by atoms with Crippen LogP contribution in [0, 0.1) is 0 Å². The number of para-hydroxylation sites is 4. The van der Waals surface area contributed by atoms with Gasteiger partial charge in [-0.05, 0) is 177 Å². The molecule has 532 valence electrons. The monoisotopic (exact) mass is 1450 g/mol. The van der Waals surface area contributed by atoms with Crippen LogP contribution in [0.2, 0.25) is 0 Å². The summed E-state index contributed by atoms with van der Waals surface area (Å²) >= 11 is 0. The number of furan rings is 2. The number of hydrogen-bond acceptors (Lipinski definition) is 8. The maximum atomic E-state index is 6.44. The summed E-state index contributed by atoms with van der Waals surface area (Å²) in [5.74, 6) is 3.54. The van der Waals surface area contributed by atoms with E-state index in [1.165, 1.54) is 87.6 Å². The van der Waals surface area contributed by atoms with Crippen molar-refractivity contribution >= 4 is 87.0 Å². The summed E-state index contributed by atoms with van der Waals surface area (Å²) in [5.41, 5.74) is 22.6. The molecule has 0 spiro atoms. The Morgan fingerprint density at radius 2 is 0.430 bits per heavy atom. The van der Waals surface area contributed by atoms with Gasteiger partial charge in [0.05, 0.1) is 11.1 Å². The van der Waals surface area contributed by atoms with E-state index >= 15 is 0 Å². The van der Waals surface area contributed by atoms with Crippen LogP contribution in [0.15, 0.2) is 409 Å². The Balaban J connectivity index is 0.000000143. The molecule has 0 amide bonds. The van der Waals surface area contributed by atoms with E-state index in [1.54, 1.807) is 0 Å². The van der Waals surface area contributed by atoms with Gasteiger partial charge < -0.3 is 8.83 Å². The highest BCUT2D eigenvalue weighted by Crippen LogP contribution is 2.44. The van der Waals surface area contributed by atoms with Crippen molar-refractivity contribution in [3.8, 4) is 135 Å². The molecule has 8 heteroatoms. The minimum absolute atomic E-state index is 0.565. The molecule has 0 fully saturated rings. The van der Waals surface area contributed by atoms with Gasteiger partial charge in [-0.1, -0.05) is 334 Å². The molecule has 0 radical (unpaired) electrons. The molecule has 0 aliphatic heterocycles. The second kappa shape index (κ2) is 28.6. The van der Waals surface area contributed by atoms with E-state index in [2.05, 4.69) is 279 Å². The molecule has 0 saturated heterocycles. The van der Waals surface area contributed by atoms with E-state index in [0.29, 0.717) is 34.9 Å². The van der Waals surface area contributed by atoms with Crippen molar-refractivity contribution in [2.75, 3.05) is 0 Å². The van der Waals surface area contributed by atoms with Gasteiger partial charge >= 0.3 is 0 Å². The molecular formula is C106H66N6O2. The first-order valence-electron chi connectivity index (χ1n) is 38.4. The van der Waals surface area contributed by atoms with Crippen molar-refractivity contribution in [3.05, 3.63) is 400 Å². The molecular weight excluding hydrogens is 1390 g/mol. The van der Waals surface area contributed by atoms with Gasteiger partial charge in [0, 0.05) is 43.8 Å². The maximum absolute atomic E-state index is 6.44. The Kier molecular flexibility index (Phi) is 16.7. The van der Waals surface area contributed by atoms with Gasteiger partial charge in [0.1, 0.15) is 22.3 Å². The van der Waals surface area contributed by atoms with Crippen molar-refractivity contribution in [1.29, 1.82) is 0 Å². The molecule has 18 aromatic carbocycles. The van der Waals surface area contributed by atoms with Crippen molar-refractivity contribution in [3.63, 3.8) is 0 Å². The first-order chi connectivity index (χ1) is 56.5. The van der Waals surface area contributed by atoms with Crippen molar-refractivity contribution in [2.24, 2.45) is 0 Å². The summed E-state index contributed by atoms with van der Waals surface area (Å²) in [7, 11) is 0. The standard InChI is InChI=1S/2C53H33N3O/c1-3-14-34(15-4-1)36-18-11-19-37(30-36)38-28-29-40-33-48(43-23-8-7-22-42(43)47(40)32-38)39-20-12-21-41(31-39)52-54-51(35-16-5-2-6-17-35)55-53(56-52)46-26-13-25-45-44-24-9-10-27-49(44)57-50(45)46;1-3-15-34(16-4-1)40-21-7-8-22-41(40)37-29-30-38-33-47(42-23-9-10-24-43(42)48(38)32-37)36-19-13-20-39(31-36)52-54-51(35-17-5-2-6-18-35)55-53(56-52)46-27-14-26-45-44-25-11-12-28-49(44)57-50(45)46/h2*1-33H. The minimum Gasteiger partial charge on any atom is -0.455 e. The number of fused-ring (bicyclic) bond motifs is 12. The maximum Gasteiger partial charge on any atom is 0.167 e. The van der Waals surface area contributed by atoms with Crippen molar-refractivity contribution in [1.82, 2.24) is 29.9 Å². The highest BCUT2D eigenvalue weighted by atomic mass is 16.3. The second-order valence-electron chi connectivity index (χ2n) is 28.7. The summed E-state index contributed by atoms with van der Waals surface area (Å²) in [4.78, 5) is 30.6. The zero-order valence-corrected chi connectivity index (χ0v) is 61.6. The van der Waals surface area contributed by atoms with E-state index in [4.69, 9.17) is 38.7 Å². The first-order valence-corrected chi connectivity index (χ1v) is 38.4. The van der Waals surface area contributed by atoms with Crippen LogP contribution < -0.4 is 0 Å². The van der Waals surface area contributed by atoms with Crippen LogP contribution in [0.1, 0.15) is 0 Å².